The van der Waals surface area contributed by atoms with E-state index in [1.807, 2.05) is 37.3 Å². The summed E-state index contributed by atoms with van der Waals surface area (Å²) in [6.07, 6.45) is 1.96. The second kappa shape index (κ2) is 6.93. The maximum Gasteiger partial charge on any atom is 0.159 e. The third kappa shape index (κ3) is 4.07. The third-order valence-corrected chi connectivity index (χ3v) is 6.84. The first kappa shape index (κ1) is 16.5. The molecule has 0 aliphatic heterocycles. The summed E-state index contributed by atoms with van der Waals surface area (Å²) in [6, 6.07) is 9.61. The van der Waals surface area contributed by atoms with E-state index in [4.69, 9.17) is 0 Å². The largest absolute Gasteiger partial charge is 0.313 e. The van der Waals surface area contributed by atoms with E-state index in [0.717, 1.165) is 24.9 Å². The zero-order valence-corrected chi connectivity index (χ0v) is 14.1. The van der Waals surface area contributed by atoms with Crippen LogP contribution >= 0.6 is 0 Å². The van der Waals surface area contributed by atoms with Gasteiger partial charge in [-0.3, -0.25) is 0 Å². The van der Waals surface area contributed by atoms with Gasteiger partial charge in [0.25, 0.3) is 0 Å². The van der Waals surface area contributed by atoms with Crippen LogP contribution in [-0.4, -0.2) is 26.3 Å². The van der Waals surface area contributed by atoms with Gasteiger partial charge in [-0.2, -0.15) is 0 Å². The monoisotopic (exact) mass is 309 g/mol. The first-order valence-electron chi connectivity index (χ1n) is 7.93. The standard InChI is InChI=1S/C17H27NO2S/c1-4-18-16-11-13(2)10-14(3)17(16)21(19,20)12-15-8-6-5-7-9-15/h5-9,13-14,16-18H,4,10-12H2,1-3H3. The number of nitrogens with one attached hydrogen (secondary N) is 1. The Kier molecular flexibility index (Phi) is 5.44. The molecular formula is C17H27NO2S. The maximum atomic E-state index is 12.9. The number of benzene rings is 1. The van der Waals surface area contributed by atoms with Crippen molar-refractivity contribution in [3.63, 3.8) is 0 Å². The lowest BCUT2D eigenvalue weighted by Gasteiger charge is -2.39. The van der Waals surface area contributed by atoms with Gasteiger partial charge in [-0.1, -0.05) is 51.1 Å². The molecule has 0 amide bonds. The lowest BCUT2D eigenvalue weighted by atomic mass is 9.80. The fourth-order valence-electron chi connectivity index (χ4n) is 3.80. The van der Waals surface area contributed by atoms with Gasteiger partial charge < -0.3 is 5.32 Å². The van der Waals surface area contributed by atoms with Gasteiger partial charge in [0.15, 0.2) is 9.84 Å². The molecule has 0 aromatic heterocycles. The molecule has 118 valence electrons. The Hall–Kier alpha value is -0.870. The molecule has 1 aliphatic rings. The summed E-state index contributed by atoms with van der Waals surface area (Å²) in [6.45, 7) is 7.18. The topological polar surface area (TPSA) is 46.2 Å². The fraction of sp³-hybridized carbons (Fsp3) is 0.647. The molecule has 1 aromatic carbocycles. The molecule has 4 unspecified atom stereocenters. The summed E-state index contributed by atoms with van der Waals surface area (Å²) >= 11 is 0. The highest BCUT2D eigenvalue weighted by atomic mass is 32.2. The van der Waals surface area contributed by atoms with Crippen molar-refractivity contribution in [2.24, 2.45) is 11.8 Å². The van der Waals surface area contributed by atoms with E-state index in [-0.39, 0.29) is 23.0 Å². The Balaban J connectivity index is 2.22. The van der Waals surface area contributed by atoms with E-state index in [2.05, 4.69) is 19.2 Å². The Morgan fingerprint density at radius 1 is 1.14 bits per heavy atom. The Labute approximate surface area is 129 Å². The van der Waals surface area contributed by atoms with Crippen molar-refractivity contribution < 1.29 is 8.42 Å². The zero-order valence-electron chi connectivity index (χ0n) is 13.2. The van der Waals surface area contributed by atoms with Crippen LogP contribution < -0.4 is 5.32 Å². The van der Waals surface area contributed by atoms with Crippen molar-refractivity contribution in [3.8, 4) is 0 Å². The maximum absolute atomic E-state index is 12.9. The van der Waals surface area contributed by atoms with Crippen molar-refractivity contribution in [1.29, 1.82) is 0 Å². The molecule has 21 heavy (non-hydrogen) atoms. The van der Waals surface area contributed by atoms with E-state index in [1.54, 1.807) is 0 Å². The Morgan fingerprint density at radius 3 is 2.43 bits per heavy atom. The average molecular weight is 309 g/mol. The lowest BCUT2D eigenvalue weighted by Crippen LogP contribution is -2.52. The van der Waals surface area contributed by atoms with Crippen LogP contribution in [0.25, 0.3) is 0 Å². The molecule has 0 heterocycles. The zero-order chi connectivity index (χ0) is 15.5. The first-order chi connectivity index (χ1) is 9.94. The summed E-state index contributed by atoms with van der Waals surface area (Å²) < 4.78 is 25.8. The molecule has 1 fully saturated rings. The van der Waals surface area contributed by atoms with Crippen molar-refractivity contribution >= 4 is 9.84 Å². The van der Waals surface area contributed by atoms with Gasteiger partial charge in [0.05, 0.1) is 11.0 Å². The molecule has 1 saturated carbocycles. The number of sulfone groups is 1. The number of rotatable bonds is 5. The highest BCUT2D eigenvalue weighted by molar-refractivity contribution is 7.91. The fourth-order valence-corrected chi connectivity index (χ4v) is 6.17. The van der Waals surface area contributed by atoms with Crippen LogP contribution in [-0.2, 0) is 15.6 Å². The molecule has 3 nitrogen and oxygen atoms in total. The molecule has 4 heteroatoms. The summed E-state index contributed by atoms with van der Waals surface area (Å²) in [4.78, 5) is 0. The highest BCUT2D eigenvalue weighted by Crippen LogP contribution is 2.34. The predicted molar refractivity (Wildman–Crippen MR) is 87.9 cm³/mol. The minimum absolute atomic E-state index is 0.0856. The van der Waals surface area contributed by atoms with Crippen molar-refractivity contribution in [3.05, 3.63) is 35.9 Å². The van der Waals surface area contributed by atoms with Gasteiger partial charge in [-0.05, 0) is 36.8 Å². The van der Waals surface area contributed by atoms with Gasteiger partial charge in [0, 0.05) is 6.04 Å². The molecule has 0 radical (unpaired) electrons. The van der Waals surface area contributed by atoms with Crippen LogP contribution in [0.15, 0.2) is 30.3 Å². The summed E-state index contributed by atoms with van der Waals surface area (Å²) in [7, 11) is -3.14. The predicted octanol–water partition coefficient (Wildman–Crippen LogP) is 3.01. The van der Waals surface area contributed by atoms with Crippen LogP contribution in [0.5, 0.6) is 0 Å². The first-order valence-corrected chi connectivity index (χ1v) is 9.64. The van der Waals surface area contributed by atoms with E-state index >= 15 is 0 Å². The minimum atomic E-state index is -3.14. The molecule has 0 bridgehead atoms. The van der Waals surface area contributed by atoms with Gasteiger partial charge >= 0.3 is 0 Å². The summed E-state index contributed by atoms with van der Waals surface area (Å²) in [5, 5.41) is 3.14. The number of hydrogen-bond donors (Lipinski definition) is 1. The second-order valence-electron chi connectivity index (χ2n) is 6.48. The third-order valence-electron chi connectivity index (χ3n) is 4.48. The van der Waals surface area contributed by atoms with Crippen LogP contribution in [0.3, 0.4) is 0 Å². The molecule has 1 N–H and O–H groups in total. The molecule has 0 spiro atoms. The molecular weight excluding hydrogens is 282 g/mol. The minimum Gasteiger partial charge on any atom is -0.313 e. The van der Waals surface area contributed by atoms with Crippen molar-refractivity contribution in [2.75, 3.05) is 6.54 Å². The van der Waals surface area contributed by atoms with Crippen LogP contribution in [0.1, 0.15) is 39.2 Å². The summed E-state index contributed by atoms with van der Waals surface area (Å²) in [5.74, 6) is 0.956. The normalized spacial score (nSPS) is 30.2. The van der Waals surface area contributed by atoms with E-state index in [0.29, 0.717) is 5.92 Å². The van der Waals surface area contributed by atoms with E-state index in [9.17, 15) is 8.42 Å². The number of hydrogen-bond acceptors (Lipinski definition) is 3. The van der Waals surface area contributed by atoms with Gasteiger partial charge in [-0.25, -0.2) is 8.42 Å². The second-order valence-corrected chi connectivity index (χ2v) is 8.63. The van der Waals surface area contributed by atoms with Crippen molar-refractivity contribution in [2.45, 2.75) is 50.7 Å². The van der Waals surface area contributed by atoms with Crippen molar-refractivity contribution in [1.82, 2.24) is 5.32 Å². The molecule has 0 saturated heterocycles. The Morgan fingerprint density at radius 2 is 1.81 bits per heavy atom. The molecule has 4 atom stereocenters. The average Bonchev–Trinajstić information content (AvgIpc) is 2.38. The SMILES string of the molecule is CCNC1CC(C)CC(C)C1S(=O)(=O)Cc1ccccc1. The van der Waals surface area contributed by atoms with Gasteiger partial charge in [-0.15, -0.1) is 0 Å². The van der Waals surface area contributed by atoms with Crippen LogP contribution in [0, 0.1) is 11.8 Å². The van der Waals surface area contributed by atoms with Crippen LogP contribution in [0.2, 0.25) is 0 Å². The lowest BCUT2D eigenvalue weighted by molar-refractivity contribution is 0.244. The van der Waals surface area contributed by atoms with Crippen LogP contribution in [0.4, 0.5) is 0 Å². The van der Waals surface area contributed by atoms with Gasteiger partial charge in [0.1, 0.15) is 0 Å². The molecule has 2 rings (SSSR count). The van der Waals surface area contributed by atoms with E-state index < -0.39 is 9.84 Å². The summed E-state index contributed by atoms with van der Waals surface area (Å²) in [5.41, 5.74) is 0.888. The highest BCUT2D eigenvalue weighted by Gasteiger charge is 2.41. The quantitative estimate of drug-likeness (QED) is 0.909. The van der Waals surface area contributed by atoms with E-state index in [1.165, 1.54) is 0 Å². The molecule has 1 aromatic rings. The van der Waals surface area contributed by atoms with Gasteiger partial charge in [0.2, 0.25) is 0 Å². The Bertz CT molecular complexity index is 541. The molecule has 1 aliphatic carbocycles. The smallest absolute Gasteiger partial charge is 0.159 e.